The number of amides is 1. The summed E-state index contributed by atoms with van der Waals surface area (Å²) in [6, 6.07) is 9.51. The highest BCUT2D eigenvalue weighted by atomic mass is 16.5. The van der Waals surface area contributed by atoms with Gasteiger partial charge in [0.1, 0.15) is 6.54 Å². The zero-order chi connectivity index (χ0) is 15.9. The van der Waals surface area contributed by atoms with E-state index < -0.39 is 5.97 Å². The Bertz CT molecular complexity index is 658. The minimum atomic E-state index is -0.497. The van der Waals surface area contributed by atoms with Gasteiger partial charge in [0.15, 0.2) is 0 Å². The summed E-state index contributed by atoms with van der Waals surface area (Å²) in [5, 5.41) is 2.55. The van der Waals surface area contributed by atoms with Crippen LogP contribution in [0.2, 0.25) is 0 Å². The second kappa shape index (κ2) is 7.26. The number of rotatable bonds is 4. The van der Waals surface area contributed by atoms with E-state index in [0.29, 0.717) is 17.7 Å². The number of carbonyl (C=O) groups excluding carboxylic acids is 2. The first-order valence-electron chi connectivity index (χ1n) is 6.89. The normalized spacial score (nSPS) is 14.1. The molecule has 0 fully saturated rings. The summed E-state index contributed by atoms with van der Waals surface area (Å²) in [4.78, 5) is 23.5. The molecule has 0 saturated heterocycles. The largest absolute Gasteiger partial charge is 0.468 e. The highest BCUT2D eigenvalue weighted by Gasteiger charge is 2.16. The van der Waals surface area contributed by atoms with E-state index >= 15 is 0 Å². The molecule has 0 saturated carbocycles. The van der Waals surface area contributed by atoms with Crippen LogP contribution in [0.3, 0.4) is 0 Å². The highest BCUT2D eigenvalue weighted by molar-refractivity contribution is 6.06. The smallest absolute Gasteiger partial charge is 0.325 e. The molecule has 5 heteroatoms. The van der Waals surface area contributed by atoms with Crippen LogP contribution in [0.1, 0.15) is 12.0 Å². The molecule has 1 aliphatic rings. The third kappa shape index (κ3) is 3.85. The molecule has 0 aliphatic heterocycles. The molecule has 2 rings (SSSR count). The summed E-state index contributed by atoms with van der Waals surface area (Å²) in [6.07, 6.45) is 5.92. The topological polar surface area (TPSA) is 81.4 Å². The first-order valence-corrected chi connectivity index (χ1v) is 6.89. The van der Waals surface area contributed by atoms with Gasteiger partial charge in [-0.3, -0.25) is 9.59 Å². The van der Waals surface area contributed by atoms with Crippen LogP contribution in [0, 0.1) is 0 Å². The van der Waals surface area contributed by atoms with Crippen molar-refractivity contribution in [3.8, 4) is 0 Å². The number of carbonyl (C=O) groups is 2. The molecule has 1 aromatic rings. The Morgan fingerprint density at radius 3 is 2.68 bits per heavy atom. The summed E-state index contributed by atoms with van der Waals surface area (Å²) in [6.45, 7) is -0.173. The van der Waals surface area contributed by atoms with E-state index in [1.165, 1.54) is 7.11 Å². The van der Waals surface area contributed by atoms with Crippen LogP contribution in [-0.2, 0) is 14.3 Å². The van der Waals surface area contributed by atoms with Gasteiger partial charge in [-0.2, -0.15) is 0 Å². The van der Waals surface area contributed by atoms with E-state index in [-0.39, 0.29) is 12.5 Å². The number of benzene rings is 1. The lowest BCUT2D eigenvalue weighted by Gasteiger charge is -2.10. The van der Waals surface area contributed by atoms with Gasteiger partial charge in [-0.25, -0.2) is 0 Å². The second-order valence-corrected chi connectivity index (χ2v) is 4.78. The minimum Gasteiger partial charge on any atom is -0.468 e. The van der Waals surface area contributed by atoms with Crippen LogP contribution < -0.4 is 11.1 Å². The molecule has 0 bridgehead atoms. The lowest BCUT2D eigenvalue weighted by atomic mass is 9.99. The van der Waals surface area contributed by atoms with Gasteiger partial charge in [0, 0.05) is 17.7 Å². The Labute approximate surface area is 129 Å². The van der Waals surface area contributed by atoms with Crippen molar-refractivity contribution in [2.75, 3.05) is 13.7 Å². The third-order valence-corrected chi connectivity index (χ3v) is 3.21. The molecule has 0 spiro atoms. The number of methoxy groups -OCH3 is 1. The zero-order valence-electron chi connectivity index (χ0n) is 12.3. The maximum atomic E-state index is 12.4. The summed E-state index contributed by atoms with van der Waals surface area (Å²) in [7, 11) is 1.28. The van der Waals surface area contributed by atoms with Crippen LogP contribution in [-0.4, -0.2) is 25.5 Å². The fourth-order valence-corrected chi connectivity index (χ4v) is 2.10. The number of nitrogens with one attached hydrogen (secondary N) is 1. The molecule has 0 aromatic heterocycles. The number of allylic oxidation sites excluding steroid dienone is 3. The van der Waals surface area contributed by atoms with Crippen LogP contribution in [0.25, 0.3) is 5.57 Å². The van der Waals surface area contributed by atoms with Gasteiger partial charge in [-0.15, -0.1) is 0 Å². The Balaban J connectivity index is 2.37. The van der Waals surface area contributed by atoms with E-state index in [4.69, 9.17) is 5.73 Å². The number of esters is 1. The summed E-state index contributed by atoms with van der Waals surface area (Å²) < 4.78 is 4.52. The molecular weight excluding hydrogens is 280 g/mol. The first kappa shape index (κ1) is 15.6. The van der Waals surface area contributed by atoms with Crippen molar-refractivity contribution in [2.45, 2.75) is 6.42 Å². The van der Waals surface area contributed by atoms with E-state index in [9.17, 15) is 9.59 Å². The van der Waals surface area contributed by atoms with Gasteiger partial charge < -0.3 is 15.8 Å². The SMILES string of the molecule is COC(=O)CNC(=O)C1=C(c2ccccc2)C=C(N)CC=C1. The molecule has 114 valence electrons. The average molecular weight is 298 g/mol. The average Bonchev–Trinajstić information content (AvgIpc) is 2.74. The van der Waals surface area contributed by atoms with Crippen molar-refractivity contribution in [1.29, 1.82) is 0 Å². The Hall–Kier alpha value is -2.82. The molecule has 0 heterocycles. The molecule has 1 amide bonds. The summed E-state index contributed by atoms with van der Waals surface area (Å²) >= 11 is 0. The number of nitrogens with two attached hydrogens (primary N) is 1. The van der Waals surface area contributed by atoms with Crippen molar-refractivity contribution in [1.82, 2.24) is 5.32 Å². The monoisotopic (exact) mass is 298 g/mol. The molecule has 1 aliphatic carbocycles. The van der Waals surface area contributed by atoms with Crippen molar-refractivity contribution < 1.29 is 14.3 Å². The van der Waals surface area contributed by atoms with Crippen molar-refractivity contribution in [2.24, 2.45) is 5.73 Å². The van der Waals surface area contributed by atoms with Gasteiger partial charge in [-0.05, 0) is 17.2 Å². The van der Waals surface area contributed by atoms with Crippen LogP contribution in [0.4, 0.5) is 0 Å². The maximum absolute atomic E-state index is 12.4. The Morgan fingerprint density at radius 2 is 2.00 bits per heavy atom. The zero-order valence-corrected chi connectivity index (χ0v) is 12.3. The Kier molecular flexibility index (Phi) is 5.14. The van der Waals surface area contributed by atoms with Gasteiger partial charge in [0.25, 0.3) is 5.91 Å². The highest BCUT2D eigenvalue weighted by Crippen LogP contribution is 2.25. The van der Waals surface area contributed by atoms with Crippen LogP contribution in [0.5, 0.6) is 0 Å². The fraction of sp³-hybridized carbons (Fsp3) is 0.176. The standard InChI is InChI=1S/C17H18N2O3/c1-22-16(20)11-19-17(21)14-9-5-8-13(18)10-15(14)12-6-3-2-4-7-12/h2-7,9-10H,8,11,18H2,1H3,(H,19,21). The first-order chi connectivity index (χ1) is 10.6. The van der Waals surface area contributed by atoms with Crippen molar-refractivity contribution >= 4 is 17.4 Å². The van der Waals surface area contributed by atoms with Crippen molar-refractivity contribution in [3.05, 3.63) is 65.4 Å². The molecule has 5 nitrogen and oxygen atoms in total. The molecule has 1 aromatic carbocycles. The Morgan fingerprint density at radius 1 is 1.27 bits per heavy atom. The number of hydrogen-bond donors (Lipinski definition) is 2. The summed E-state index contributed by atoms with van der Waals surface area (Å²) in [5.41, 5.74) is 8.70. The predicted octanol–water partition coefficient (Wildman–Crippen LogP) is 1.53. The molecule has 22 heavy (non-hydrogen) atoms. The lowest BCUT2D eigenvalue weighted by Crippen LogP contribution is -2.31. The maximum Gasteiger partial charge on any atom is 0.325 e. The molecule has 3 N–H and O–H groups in total. The number of ether oxygens (including phenoxy) is 1. The summed E-state index contributed by atoms with van der Waals surface area (Å²) in [5.74, 6) is -0.839. The van der Waals surface area contributed by atoms with Gasteiger partial charge in [0.05, 0.1) is 7.11 Å². The van der Waals surface area contributed by atoms with Crippen LogP contribution in [0.15, 0.2) is 59.8 Å². The van der Waals surface area contributed by atoms with Crippen molar-refractivity contribution in [3.63, 3.8) is 0 Å². The molecular formula is C17H18N2O3. The van der Waals surface area contributed by atoms with E-state index in [0.717, 1.165) is 11.1 Å². The minimum absolute atomic E-state index is 0.173. The van der Waals surface area contributed by atoms with Gasteiger partial charge in [-0.1, -0.05) is 42.5 Å². The van der Waals surface area contributed by atoms with Crippen LogP contribution >= 0.6 is 0 Å². The molecule has 0 radical (unpaired) electrons. The predicted molar refractivity (Wildman–Crippen MR) is 84.4 cm³/mol. The van der Waals surface area contributed by atoms with E-state index in [1.807, 2.05) is 36.4 Å². The van der Waals surface area contributed by atoms with Gasteiger partial charge >= 0.3 is 5.97 Å². The quantitative estimate of drug-likeness (QED) is 0.826. The van der Waals surface area contributed by atoms with E-state index in [1.54, 1.807) is 12.2 Å². The van der Waals surface area contributed by atoms with E-state index in [2.05, 4.69) is 10.1 Å². The second-order valence-electron chi connectivity index (χ2n) is 4.78. The third-order valence-electron chi connectivity index (χ3n) is 3.21. The number of hydrogen-bond acceptors (Lipinski definition) is 4. The fourth-order valence-electron chi connectivity index (χ4n) is 2.10. The lowest BCUT2D eigenvalue weighted by molar-refractivity contribution is -0.140. The van der Waals surface area contributed by atoms with Gasteiger partial charge in [0.2, 0.25) is 0 Å². The molecule has 0 unspecified atom stereocenters. The molecule has 0 atom stereocenters.